The molecule has 0 aliphatic rings. The van der Waals surface area contributed by atoms with Gasteiger partial charge >= 0.3 is 0 Å². The molecule has 2 N–H and O–H groups in total. The lowest BCUT2D eigenvalue weighted by atomic mass is 10.2. The van der Waals surface area contributed by atoms with Crippen molar-refractivity contribution in [3.63, 3.8) is 0 Å². The molecular formula is C21H19BrN2O5S. The maximum atomic E-state index is 12.8. The Balaban J connectivity index is 1.95. The second-order valence-corrected chi connectivity index (χ2v) is 8.61. The number of hydrogen-bond donors (Lipinski definition) is 2. The van der Waals surface area contributed by atoms with E-state index in [1.54, 1.807) is 42.5 Å². The molecule has 0 spiro atoms. The molecule has 7 nitrogen and oxygen atoms in total. The molecule has 0 saturated carbocycles. The van der Waals surface area contributed by atoms with E-state index in [0.717, 1.165) is 0 Å². The van der Waals surface area contributed by atoms with Gasteiger partial charge in [0.2, 0.25) is 0 Å². The first kappa shape index (κ1) is 21.7. The Morgan fingerprint density at radius 3 is 2.07 bits per heavy atom. The van der Waals surface area contributed by atoms with Gasteiger partial charge in [-0.3, -0.25) is 9.52 Å². The second kappa shape index (κ2) is 9.19. The number of sulfonamides is 1. The van der Waals surface area contributed by atoms with Crippen LogP contribution in [0.15, 0.2) is 76.1 Å². The third-order valence-corrected chi connectivity index (χ3v) is 6.55. The molecule has 0 heterocycles. The number of benzene rings is 3. The minimum absolute atomic E-state index is 0.0764. The fraction of sp³-hybridized carbons (Fsp3) is 0.0952. The summed E-state index contributed by atoms with van der Waals surface area (Å²) in [5.74, 6) is 0.150. The molecule has 3 aromatic carbocycles. The number of carbonyl (C=O) groups is 1. The highest BCUT2D eigenvalue weighted by molar-refractivity contribution is 9.10. The van der Waals surface area contributed by atoms with Gasteiger partial charge in [0, 0.05) is 22.2 Å². The molecule has 0 aliphatic carbocycles. The van der Waals surface area contributed by atoms with Gasteiger partial charge in [-0.2, -0.15) is 0 Å². The summed E-state index contributed by atoms with van der Waals surface area (Å²) in [6, 6.07) is 18.1. The first-order valence-electron chi connectivity index (χ1n) is 8.75. The van der Waals surface area contributed by atoms with Crippen molar-refractivity contribution in [2.24, 2.45) is 0 Å². The highest BCUT2D eigenvalue weighted by Gasteiger charge is 2.21. The molecule has 0 atom stereocenters. The minimum Gasteiger partial charge on any atom is -0.494 e. The van der Waals surface area contributed by atoms with Crippen LogP contribution in [0.25, 0.3) is 0 Å². The predicted octanol–water partition coefficient (Wildman–Crippen LogP) is 4.52. The molecule has 1 amide bonds. The summed E-state index contributed by atoms with van der Waals surface area (Å²) in [5, 5.41) is 2.75. The number of amides is 1. The van der Waals surface area contributed by atoms with Gasteiger partial charge in [0.1, 0.15) is 16.4 Å². The van der Waals surface area contributed by atoms with Crippen molar-refractivity contribution in [3.8, 4) is 11.5 Å². The van der Waals surface area contributed by atoms with Crippen LogP contribution in [-0.2, 0) is 10.0 Å². The molecule has 30 heavy (non-hydrogen) atoms. The van der Waals surface area contributed by atoms with E-state index in [4.69, 9.17) is 9.47 Å². The van der Waals surface area contributed by atoms with Gasteiger partial charge in [-0.25, -0.2) is 8.42 Å². The van der Waals surface area contributed by atoms with Crippen LogP contribution < -0.4 is 19.5 Å². The quantitative estimate of drug-likeness (QED) is 0.507. The van der Waals surface area contributed by atoms with E-state index in [-0.39, 0.29) is 28.0 Å². The average molecular weight is 491 g/mol. The average Bonchev–Trinajstić information content (AvgIpc) is 2.75. The lowest BCUT2D eigenvalue weighted by molar-refractivity contribution is 0.102. The van der Waals surface area contributed by atoms with E-state index in [1.165, 1.54) is 32.4 Å². The smallest absolute Gasteiger partial charge is 0.263 e. The first-order chi connectivity index (χ1) is 14.4. The third kappa shape index (κ3) is 4.74. The van der Waals surface area contributed by atoms with Crippen LogP contribution in [0.1, 0.15) is 10.4 Å². The molecule has 0 radical (unpaired) electrons. The number of nitrogens with one attached hydrogen (secondary N) is 2. The number of rotatable bonds is 7. The highest BCUT2D eigenvalue weighted by atomic mass is 79.9. The predicted molar refractivity (Wildman–Crippen MR) is 119 cm³/mol. The first-order valence-corrected chi connectivity index (χ1v) is 11.0. The standard InChI is InChI=1S/C21H19BrN2O5S/c1-28-18-13-17(24-30(26,27)20-11-7-6-10-15(20)22)19(29-2)12-16(18)23-21(25)14-8-4-3-5-9-14/h3-13,24H,1-2H3,(H,23,25). The van der Waals surface area contributed by atoms with Gasteiger partial charge in [0.15, 0.2) is 0 Å². The van der Waals surface area contributed by atoms with Crippen LogP contribution in [0.4, 0.5) is 11.4 Å². The Labute approximate surface area is 183 Å². The number of ether oxygens (including phenoxy) is 2. The van der Waals surface area contributed by atoms with Gasteiger partial charge in [0.05, 0.1) is 25.6 Å². The zero-order valence-electron chi connectivity index (χ0n) is 16.2. The van der Waals surface area contributed by atoms with Crippen molar-refractivity contribution in [2.75, 3.05) is 24.3 Å². The monoisotopic (exact) mass is 490 g/mol. The summed E-state index contributed by atoms with van der Waals surface area (Å²) in [7, 11) is -1.07. The van der Waals surface area contributed by atoms with E-state index in [0.29, 0.717) is 15.7 Å². The molecule has 0 aliphatic heterocycles. The van der Waals surface area contributed by atoms with Crippen LogP contribution in [0.2, 0.25) is 0 Å². The fourth-order valence-corrected chi connectivity index (χ4v) is 4.79. The Morgan fingerprint density at radius 2 is 1.43 bits per heavy atom. The van der Waals surface area contributed by atoms with E-state index >= 15 is 0 Å². The van der Waals surface area contributed by atoms with Crippen molar-refractivity contribution >= 4 is 43.2 Å². The van der Waals surface area contributed by atoms with E-state index < -0.39 is 10.0 Å². The van der Waals surface area contributed by atoms with Gasteiger partial charge in [0.25, 0.3) is 15.9 Å². The van der Waals surface area contributed by atoms with Crippen molar-refractivity contribution in [1.82, 2.24) is 0 Å². The van der Waals surface area contributed by atoms with Crippen LogP contribution in [0.3, 0.4) is 0 Å². The Kier molecular flexibility index (Phi) is 6.63. The fourth-order valence-electron chi connectivity index (χ4n) is 2.72. The molecule has 0 saturated heterocycles. The lowest BCUT2D eigenvalue weighted by Crippen LogP contribution is -2.16. The van der Waals surface area contributed by atoms with Crippen molar-refractivity contribution < 1.29 is 22.7 Å². The molecule has 0 aromatic heterocycles. The van der Waals surface area contributed by atoms with Crippen LogP contribution >= 0.6 is 15.9 Å². The number of carbonyl (C=O) groups excluding carboxylic acids is 1. The Morgan fingerprint density at radius 1 is 0.867 bits per heavy atom. The molecule has 156 valence electrons. The molecule has 3 aromatic rings. The molecule has 3 rings (SSSR count). The molecule has 0 fully saturated rings. The Bertz CT molecular complexity index is 1170. The van der Waals surface area contributed by atoms with Crippen LogP contribution in [0.5, 0.6) is 11.5 Å². The van der Waals surface area contributed by atoms with E-state index in [2.05, 4.69) is 26.0 Å². The summed E-state index contributed by atoms with van der Waals surface area (Å²) in [6.07, 6.45) is 0. The topological polar surface area (TPSA) is 93.7 Å². The van der Waals surface area contributed by atoms with Crippen LogP contribution in [-0.4, -0.2) is 28.5 Å². The number of anilines is 2. The summed E-state index contributed by atoms with van der Waals surface area (Å²) < 4.78 is 39.3. The summed E-state index contributed by atoms with van der Waals surface area (Å²) in [5.41, 5.74) is 0.979. The zero-order valence-corrected chi connectivity index (χ0v) is 18.6. The summed E-state index contributed by atoms with van der Waals surface area (Å²) in [4.78, 5) is 12.6. The largest absolute Gasteiger partial charge is 0.494 e. The van der Waals surface area contributed by atoms with Gasteiger partial charge in [-0.05, 0) is 40.2 Å². The molecule has 0 unspecified atom stereocenters. The van der Waals surface area contributed by atoms with Crippen molar-refractivity contribution in [3.05, 3.63) is 76.8 Å². The van der Waals surface area contributed by atoms with Crippen LogP contribution in [0, 0.1) is 0 Å². The van der Waals surface area contributed by atoms with Gasteiger partial charge in [-0.15, -0.1) is 0 Å². The van der Waals surface area contributed by atoms with E-state index in [1.807, 2.05) is 6.07 Å². The number of hydrogen-bond acceptors (Lipinski definition) is 5. The molecular weight excluding hydrogens is 472 g/mol. The normalized spacial score (nSPS) is 10.9. The molecule has 0 bridgehead atoms. The van der Waals surface area contributed by atoms with Gasteiger partial charge < -0.3 is 14.8 Å². The van der Waals surface area contributed by atoms with Crippen molar-refractivity contribution in [1.29, 1.82) is 0 Å². The minimum atomic E-state index is -3.90. The second-order valence-electron chi connectivity index (χ2n) is 6.11. The number of halogens is 1. The van der Waals surface area contributed by atoms with E-state index in [9.17, 15) is 13.2 Å². The maximum absolute atomic E-state index is 12.8. The lowest BCUT2D eigenvalue weighted by Gasteiger charge is -2.17. The third-order valence-electron chi connectivity index (χ3n) is 4.18. The SMILES string of the molecule is COc1cc(NS(=O)(=O)c2ccccc2Br)c(OC)cc1NC(=O)c1ccccc1. The highest BCUT2D eigenvalue weighted by Crippen LogP contribution is 2.38. The number of methoxy groups -OCH3 is 2. The van der Waals surface area contributed by atoms with Gasteiger partial charge in [-0.1, -0.05) is 30.3 Å². The van der Waals surface area contributed by atoms with Crippen molar-refractivity contribution in [2.45, 2.75) is 4.90 Å². The summed E-state index contributed by atoms with van der Waals surface area (Å²) >= 11 is 3.25. The zero-order chi connectivity index (χ0) is 21.7. The summed E-state index contributed by atoms with van der Waals surface area (Å²) in [6.45, 7) is 0. The molecule has 9 heteroatoms. The maximum Gasteiger partial charge on any atom is 0.263 e. The Hall–Kier alpha value is -3.04.